The SMILES string of the molecule is CN(C)c1ccc(C(=O)O/C(=C\c2nc3ccccc3s2)c2ccc(N(C)C)cc2)cc1. The Bertz CT molecular complexity index is 1220. The summed E-state index contributed by atoms with van der Waals surface area (Å²) in [6, 6.07) is 23.3. The largest absolute Gasteiger partial charge is 0.422 e. The van der Waals surface area contributed by atoms with Crippen LogP contribution in [0.4, 0.5) is 11.4 Å². The molecule has 0 amide bonds. The number of thiazole rings is 1. The van der Waals surface area contributed by atoms with Crippen LogP contribution in [0.15, 0.2) is 72.8 Å². The number of esters is 1. The highest BCUT2D eigenvalue weighted by atomic mass is 32.1. The molecule has 0 fully saturated rings. The zero-order chi connectivity index (χ0) is 22.7. The topological polar surface area (TPSA) is 45.7 Å². The lowest BCUT2D eigenvalue weighted by molar-refractivity contribution is 0.0693. The summed E-state index contributed by atoms with van der Waals surface area (Å²) in [4.78, 5) is 21.6. The number of rotatable bonds is 6. The molecule has 5 nitrogen and oxygen atoms in total. The van der Waals surface area contributed by atoms with E-state index in [-0.39, 0.29) is 0 Å². The van der Waals surface area contributed by atoms with Crippen molar-refractivity contribution in [2.45, 2.75) is 0 Å². The van der Waals surface area contributed by atoms with E-state index < -0.39 is 5.97 Å². The fourth-order valence-corrected chi connectivity index (χ4v) is 4.11. The van der Waals surface area contributed by atoms with Gasteiger partial charge in [0, 0.05) is 51.2 Å². The van der Waals surface area contributed by atoms with Gasteiger partial charge in [-0.05, 0) is 60.7 Å². The molecule has 3 aromatic carbocycles. The van der Waals surface area contributed by atoms with Gasteiger partial charge >= 0.3 is 5.97 Å². The average molecular weight is 444 g/mol. The van der Waals surface area contributed by atoms with Crippen molar-refractivity contribution in [2.24, 2.45) is 0 Å². The van der Waals surface area contributed by atoms with Crippen LogP contribution in [-0.2, 0) is 4.74 Å². The molecule has 0 saturated heterocycles. The van der Waals surface area contributed by atoms with Crippen LogP contribution in [0.25, 0.3) is 22.1 Å². The van der Waals surface area contributed by atoms with Crippen molar-refractivity contribution in [3.63, 3.8) is 0 Å². The molecule has 0 N–H and O–H groups in total. The molecule has 0 spiro atoms. The van der Waals surface area contributed by atoms with Gasteiger partial charge in [0.15, 0.2) is 0 Å². The molecule has 0 aliphatic carbocycles. The molecule has 162 valence electrons. The molecule has 0 atom stereocenters. The van der Waals surface area contributed by atoms with Gasteiger partial charge in [0.1, 0.15) is 10.8 Å². The molecule has 4 aromatic rings. The van der Waals surface area contributed by atoms with Crippen LogP contribution < -0.4 is 9.80 Å². The molecule has 0 aliphatic heterocycles. The Morgan fingerprint density at radius 1 is 0.812 bits per heavy atom. The van der Waals surface area contributed by atoms with Crippen LogP contribution >= 0.6 is 11.3 Å². The number of benzene rings is 3. The third-order valence-corrected chi connectivity index (χ3v) is 6.04. The van der Waals surface area contributed by atoms with Gasteiger partial charge in [-0.1, -0.05) is 12.1 Å². The number of anilines is 2. The summed E-state index contributed by atoms with van der Waals surface area (Å²) >= 11 is 1.56. The minimum Gasteiger partial charge on any atom is -0.422 e. The lowest BCUT2D eigenvalue weighted by atomic mass is 10.1. The van der Waals surface area contributed by atoms with E-state index in [4.69, 9.17) is 4.74 Å². The van der Waals surface area contributed by atoms with E-state index >= 15 is 0 Å². The molecule has 0 aliphatic rings. The lowest BCUT2D eigenvalue weighted by Gasteiger charge is -2.15. The van der Waals surface area contributed by atoms with Crippen molar-refractivity contribution in [1.82, 2.24) is 4.98 Å². The number of carbonyl (C=O) groups is 1. The second-order valence-electron chi connectivity index (χ2n) is 7.80. The average Bonchev–Trinajstić information content (AvgIpc) is 3.21. The van der Waals surface area contributed by atoms with Crippen molar-refractivity contribution < 1.29 is 9.53 Å². The van der Waals surface area contributed by atoms with Crippen molar-refractivity contribution in [1.29, 1.82) is 0 Å². The standard InChI is InChI=1S/C26H25N3O2S/c1-28(2)20-13-9-18(10-14-20)23(17-25-27-22-7-5-6-8-24(22)32-25)31-26(30)19-11-15-21(16-12-19)29(3)4/h5-17H,1-4H3/b23-17-. The molecule has 0 bridgehead atoms. The first-order valence-corrected chi connectivity index (χ1v) is 11.1. The predicted molar refractivity (Wildman–Crippen MR) is 134 cm³/mol. The van der Waals surface area contributed by atoms with Gasteiger partial charge in [-0.15, -0.1) is 11.3 Å². The summed E-state index contributed by atoms with van der Waals surface area (Å²) in [6.45, 7) is 0. The van der Waals surface area contributed by atoms with Gasteiger partial charge in [0.05, 0.1) is 15.8 Å². The number of fused-ring (bicyclic) bond motifs is 1. The number of aromatic nitrogens is 1. The van der Waals surface area contributed by atoms with Gasteiger partial charge in [-0.2, -0.15) is 0 Å². The molecule has 6 heteroatoms. The van der Waals surface area contributed by atoms with Crippen molar-refractivity contribution in [2.75, 3.05) is 38.0 Å². The molecule has 1 aromatic heterocycles. The Morgan fingerprint density at radius 2 is 1.38 bits per heavy atom. The highest BCUT2D eigenvalue weighted by molar-refractivity contribution is 7.19. The van der Waals surface area contributed by atoms with E-state index in [1.807, 2.05) is 105 Å². The number of carbonyl (C=O) groups excluding carboxylic acids is 1. The monoisotopic (exact) mass is 443 g/mol. The first kappa shape index (κ1) is 21.6. The summed E-state index contributed by atoms with van der Waals surface area (Å²) in [6.07, 6.45) is 1.83. The van der Waals surface area contributed by atoms with E-state index in [1.165, 1.54) is 0 Å². The molecule has 0 saturated carbocycles. The fraction of sp³-hybridized carbons (Fsp3) is 0.154. The highest BCUT2D eigenvalue weighted by Crippen LogP contribution is 2.28. The quantitative estimate of drug-likeness (QED) is 0.279. The van der Waals surface area contributed by atoms with Gasteiger partial charge in [-0.3, -0.25) is 0 Å². The zero-order valence-corrected chi connectivity index (χ0v) is 19.4. The summed E-state index contributed by atoms with van der Waals surface area (Å²) in [7, 11) is 7.90. The van der Waals surface area contributed by atoms with Crippen LogP contribution in [0, 0.1) is 0 Å². The summed E-state index contributed by atoms with van der Waals surface area (Å²) in [5.41, 5.74) is 4.32. The molecule has 32 heavy (non-hydrogen) atoms. The maximum atomic E-state index is 12.9. The third-order valence-electron chi connectivity index (χ3n) is 5.06. The second-order valence-corrected chi connectivity index (χ2v) is 8.86. The minimum atomic E-state index is -0.403. The Balaban J connectivity index is 1.68. The van der Waals surface area contributed by atoms with Gasteiger partial charge in [0.25, 0.3) is 0 Å². The van der Waals surface area contributed by atoms with E-state index in [9.17, 15) is 4.79 Å². The Morgan fingerprint density at radius 3 is 1.94 bits per heavy atom. The van der Waals surface area contributed by atoms with Crippen molar-refractivity contribution in [3.8, 4) is 0 Å². The fourth-order valence-electron chi connectivity index (χ4n) is 3.21. The van der Waals surface area contributed by atoms with E-state index in [0.717, 1.165) is 32.2 Å². The zero-order valence-electron chi connectivity index (χ0n) is 18.6. The molecule has 1 heterocycles. The number of hydrogen-bond acceptors (Lipinski definition) is 6. The molecular weight excluding hydrogens is 418 g/mol. The molecule has 0 radical (unpaired) electrons. The highest BCUT2D eigenvalue weighted by Gasteiger charge is 2.14. The van der Waals surface area contributed by atoms with Crippen LogP contribution in [-0.4, -0.2) is 39.1 Å². The van der Waals surface area contributed by atoms with Crippen LogP contribution in [0.3, 0.4) is 0 Å². The van der Waals surface area contributed by atoms with E-state index in [0.29, 0.717) is 11.3 Å². The Labute approximate surface area is 192 Å². The third kappa shape index (κ3) is 4.81. The van der Waals surface area contributed by atoms with Gasteiger partial charge in [0.2, 0.25) is 0 Å². The van der Waals surface area contributed by atoms with Crippen LogP contribution in [0.2, 0.25) is 0 Å². The summed E-state index contributed by atoms with van der Waals surface area (Å²) in [5.74, 6) is 0.0652. The normalized spacial score (nSPS) is 11.4. The number of hydrogen-bond donors (Lipinski definition) is 0. The van der Waals surface area contributed by atoms with Gasteiger partial charge < -0.3 is 14.5 Å². The van der Waals surface area contributed by atoms with Crippen LogP contribution in [0.5, 0.6) is 0 Å². The Kier molecular flexibility index (Phi) is 6.23. The maximum Gasteiger partial charge on any atom is 0.343 e. The first-order chi connectivity index (χ1) is 15.4. The van der Waals surface area contributed by atoms with E-state index in [1.54, 1.807) is 23.5 Å². The maximum absolute atomic E-state index is 12.9. The van der Waals surface area contributed by atoms with Crippen molar-refractivity contribution in [3.05, 3.63) is 88.9 Å². The summed E-state index contributed by atoms with van der Waals surface area (Å²) < 4.78 is 6.97. The Hall–Kier alpha value is -3.64. The number of nitrogens with zero attached hydrogens (tertiary/aromatic N) is 3. The number of para-hydroxylation sites is 1. The summed E-state index contributed by atoms with van der Waals surface area (Å²) in [5, 5.41) is 0.786. The predicted octanol–water partition coefficient (Wildman–Crippen LogP) is 5.78. The van der Waals surface area contributed by atoms with Crippen molar-refractivity contribution >= 4 is 50.7 Å². The van der Waals surface area contributed by atoms with E-state index in [2.05, 4.69) is 4.98 Å². The lowest BCUT2D eigenvalue weighted by Crippen LogP contribution is -2.10. The van der Waals surface area contributed by atoms with Gasteiger partial charge in [-0.25, -0.2) is 9.78 Å². The molecule has 0 unspecified atom stereocenters. The smallest absolute Gasteiger partial charge is 0.343 e. The molecular formula is C26H25N3O2S. The number of ether oxygens (including phenoxy) is 1. The minimum absolute atomic E-state index is 0.403. The first-order valence-electron chi connectivity index (χ1n) is 10.3. The molecule has 4 rings (SSSR count). The second kappa shape index (κ2) is 9.24. The van der Waals surface area contributed by atoms with Crippen LogP contribution in [0.1, 0.15) is 20.9 Å².